The molecule has 5 aromatic rings. The summed E-state index contributed by atoms with van der Waals surface area (Å²) in [6.07, 6.45) is -9.63. The second kappa shape index (κ2) is 11.8. The third kappa shape index (κ3) is 6.21. The summed E-state index contributed by atoms with van der Waals surface area (Å²) in [5.41, 5.74) is -0.430. The fourth-order valence-corrected chi connectivity index (χ4v) is 5.01. The second-order valence-corrected chi connectivity index (χ2v) is 9.90. The molecule has 222 valence electrons. The van der Waals surface area contributed by atoms with Gasteiger partial charge in [-0.2, -0.15) is 17.6 Å². The molecule has 0 spiro atoms. The Hall–Kier alpha value is -4.77. The van der Waals surface area contributed by atoms with Crippen LogP contribution in [0.25, 0.3) is 10.9 Å². The van der Waals surface area contributed by atoms with Crippen LogP contribution in [0.3, 0.4) is 0 Å². The molecule has 1 unspecified atom stereocenters. The van der Waals surface area contributed by atoms with E-state index in [0.29, 0.717) is 22.5 Å². The van der Waals surface area contributed by atoms with Crippen LogP contribution >= 0.6 is 0 Å². The summed E-state index contributed by atoms with van der Waals surface area (Å²) < 4.78 is 86.9. The summed E-state index contributed by atoms with van der Waals surface area (Å²) in [6.45, 7) is 0. The average molecular weight is 599 g/mol. The Morgan fingerprint density at radius 1 is 0.860 bits per heavy atom. The van der Waals surface area contributed by atoms with Crippen LogP contribution in [0.5, 0.6) is 5.75 Å². The lowest BCUT2D eigenvalue weighted by Crippen LogP contribution is -2.50. The zero-order chi connectivity index (χ0) is 30.8. The van der Waals surface area contributed by atoms with Gasteiger partial charge in [-0.3, -0.25) is 4.79 Å². The number of hydrogen-bond donors (Lipinski definition) is 3. The first-order valence-corrected chi connectivity index (χ1v) is 13.0. The number of hydrogen-bond acceptors (Lipinski definition) is 3. The van der Waals surface area contributed by atoms with E-state index in [2.05, 4.69) is 15.0 Å². The van der Waals surface area contributed by atoms with Crippen LogP contribution in [0.4, 0.5) is 26.3 Å². The maximum absolute atomic E-state index is 15.0. The largest absolute Gasteiger partial charge is 0.461 e. The minimum atomic E-state index is -4.95. The molecule has 0 saturated heterocycles. The number of nitrogens with one attached hydrogen (secondary N) is 2. The van der Waals surface area contributed by atoms with Gasteiger partial charge in [-0.05, 0) is 47.0 Å². The van der Waals surface area contributed by atoms with E-state index in [0.717, 1.165) is 24.3 Å². The number of aliphatic hydroxyl groups excluding tert-OH is 1. The van der Waals surface area contributed by atoms with Gasteiger partial charge < -0.3 is 20.1 Å². The van der Waals surface area contributed by atoms with Gasteiger partial charge in [0.15, 0.2) is 6.10 Å². The number of fused-ring (bicyclic) bond motifs is 1. The van der Waals surface area contributed by atoms with Gasteiger partial charge >= 0.3 is 12.5 Å². The van der Waals surface area contributed by atoms with Crippen molar-refractivity contribution in [1.82, 2.24) is 10.3 Å². The first kappa shape index (κ1) is 29.7. The highest BCUT2D eigenvalue weighted by atomic mass is 19.3. The zero-order valence-electron chi connectivity index (χ0n) is 22.2. The predicted molar refractivity (Wildman–Crippen MR) is 147 cm³/mol. The molecule has 0 bridgehead atoms. The summed E-state index contributed by atoms with van der Waals surface area (Å²) in [5.74, 6) is -3.67. The average Bonchev–Trinajstić information content (AvgIpc) is 3.41. The Morgan fingerprint density at radius 2 is 1.53 bits per heavy atom. The summed E-state index contributed by atoms with van der Waals surface area (Å²) in [6, 6.07) is 22.5. The Labute approximate surface area is 241 Å². The van der Waals surface area contributed by atoms with E-state index in [1.807, 2.05) is 0 Å². The molecule has 0 aliphatic rings. The van der Waals surface area contributed by atoms with E-state index in [9.17, 15) is 31.9 Å². The summed E-state index contributed by atoms with van der Waals surface area (Å²) >= 11 is 0. The van der Waals surface area contributed by atoms with Crippen molar-refractivity contribution in [3.63, 3.8) is 0 Å². The van der Waals surface area contributed by atoms with Crippen LogP contribution in [0.15, 0.2) is 103 Å². The number of rotatable bonds is 10. The predicted octanol–water partition coefficient (Wildman–Crippen LogP) is 7.02. The molecule has 0 fully saturated rings. The van der Waals surface area contributed by atoms with Crippen molar-refractivity contribution in [1.29, 1.82) is 0 Å². The Morgan fingerprint density at radius 3 is 2.23 bits per heavy atom. The molecular weight excluding hydrogens is 574 g/mol. The van der Waals surface area contributed by atoms with E-state index >= 15 is 4.39 Å². The Balaban J connectivity index is 1.68. The van der Waals surface area contributed by atoms with Crippen molar-refractivity contribution in [2.24, 2.45) is 0 Å². The number of carbonyl (C=O) groups is 1. The lowest BCUT2D eigenvalue weighted by Gasteiger charge is -2.37. The Kier molecular flexibility index (Phi) is 8.19. The molecule has 4 aromatic carbocycles. The minimum Gasteiger partial charge on any atom is -0.428 e. The van der Waals surface area contributed by atoms with Gasteiger partial charge in [-0.1, -0.05) is 60.7 Å². The molecule has 43 heavy (non-hydrogen) atoms. The molecule has 5 nitrogen and oxygen atoms in total. The lowest BCUT2D eigenvalue weighted by molar-refractivity contribution is -0.253. The number of amides is 1. The molecule has 2 atom stereocenters. The van der Waals surface area contributed by atoms with Crippen LogP contribution < -0.4 is 10.1 Å². The smallest absolute Gasteiger partial charge is 0.428 e. The summed E-state index contributed by atoms with van der Waals surface area (Å²) in [5, 5.41) is 14.5. The maximum atomic E-state index is 15.0. The van der Waals surface area contributed by atoms with Crippen LogP contribution in [0.2, 0.25) is 0 Å². The van der Waals surface area contributed by atoms with Gasteiger partial charge in [-0.25, -0.2) is 8.78 Å². The number of carbonyl (C=O) groups excluding carboxylic acids is 1. The topological polar surface area (TPSA) is 74.3 Å². The molecule has 1 heterocycles. The van der Waals surface area contributed by atoms with E-state index < -0.39 is 47.5 Å². The molecule has 0 saturated carbocycles. The molecule has 0 radical (unpaired) electrons. The first-order chi connectivity index (χ1) is 20.5. The van der Waals surface area contributed by atoms with Gasteiger partial charge in [0.25, 0.3) is 5.91 Å². The fourth-order valence-electron chi connectivity index (χ4n) is 5.01. The molecule has 0 aliphatic carbocycles. The molecule has 1 amide bonds. The van der Waals surface area contributed by atoms with Gasteiger partial charge in [0.05, 0.1) is 5.54 Å². The van der Waals surface area contributed by atoms with Gasteiger partial charge in [0, 0.05) is 35.2 Å². The van der Waals surface area contributed by atoms with E-state index in [-0.39, 0.29) is 23.1 Å². The van der Waals surface area contributed by atoms with E-state index in [1.165, 1.54) is 18.3 Å². The third-order valence-corrected chi connectivity index (χ3v) is 7.02. The fraction of sp³-hybridized carbons (Fsp3) is 0.156. The Bertz CT molecular complexity index is 1730. The van der Waals surface area contributed by atoms with E-state index in [1.54, 1.807) is 54.6 Å². The molecule has 1 aromatic heterocycles. The second-order valence-electron chi connectivity index (χ2n) is 9.90. The van der Waals surface area contributed by atoms with Crippen molar-refractivity contribution < 1.29 is 41.0 Å². The summed E-state index contributed by atoms with van der Waals surface area (Å²) in [4.78, 5) is 16.8. The van der Waals surface area contributed by atoms with Gasteiger partial charge in [0.2, 0.25) is 0 Å². The minimum absolute atomic E-state index is 0.153. The lowest BCUT2D eigenvalue weighted by atomic mass is 9.77. The molecule has 0 aliphatic heterocycles. The number of halogens is 6. The number of ether oxygens (including phenoxy) is 1. The van der Waals surface area contributed by atoms with Crippen LogP contribution in [-0.4, -0.2) is 28.5 Å². The SMILES string of the molecule is O=C(N[C@](Cc1ccccc1)(c1ccc(F)cc1)c1cc(F)cc(OC(F)(F)C(F)F)c1)C(O)c1c[nH]c2ccccc12. The molecule has 5 rings (SSSR count). The zero-order valence-corrected chi connectivity index (χ0v) is 22.2. The number of alkyl halides is 4. The molecule has 11 heteroatoms. The monoisotopic (exact) mass is 598 g/mol. The molecular formula is C32H24F6N2O3. The van der Waals surface area contributed by atoms with Crippen molar-refractivity contribution >= 4 is 16.8 Å². The normalized spacial score (nSPS) is 14.0. The highest BCUT2D eigenvalue weighted by Gasteiger charge is 2.45. The highest BCUT2D eigenvalue weighted by molar-refractivity contribution is 5.91. The van der Waals surface area contributed by atoms with Crippen LogP contribution in [0.1, 0.15) is 28.4 Å². The number of para-hydroxylation sites is 1. The van der Waals surface area contributed by atoms with E-state index in [4.69, 9.17) is 0 Å². The van der Waals surface area contributed by atoms with Crippen molar-refractivity contribution in [3.8, 4) is 5.75 Å². The number of benzene rings is 4. The molecule has 3 N–H and O–H groups in total. The number of H-pyrrole nitrogens is 1. The van der Waals surface area contributed by atoms with Gasteiger partial charge in [-0.15, -0.1) is 0 Å². The number of aromatic amines is 1. The standard InChI is InChI=1S/C32H24F6N2O3/c33-22-12-10-20(11-13-22)31(17-19-6-2-1-3-7-19,21-14-23(34)16-24(15-21)43-32(37,38)30(35)36)40-29(42)28(41)26-18-39-27-9-5-4-8-25(26)27/h1-16,18,28,30,39,41H,17H2,(H,40,42)/t28?,31-/m1/s1. The van der Waals surface area contributed by atoms with Crippen LogP contribution in [0, 0.1) is 11.6 Å². The number of aliphatic hydroxyl groups is 1. The van der Waals surface area contributed by atoms with Crippen LogP contribution in [-0.2, 0) is 16.8 Å². The number of aromatic nitrogens is 1. The quantitative estimate of drug-likeness (QED) is 0.151. The van der Waals surface area contributed by atoms with Gasteiger partial charge in [0.1, 0.15) is 17.4 Å². The summed E-state index contributed by atoms with van der Waals surface area (Å²) in [7, 11) is 0. The highest BCUT2D eigenvalue weighted by Crippen LogP contribution is 2.38. The van der Waals surface area contributed by atoms with Crippen molar-refractivity contribution in [2.45, 2.75) is 30.6 Å². The first-order valence-electron chi connectivity index (χ1n) is 13.0. The van der Waals surface area contributed by atoms with Crippen molar-refractivity contribution in [3.05, 3.63) is 137 Å². The third-order valence-electron chi connectivity index (χ3n) is 7.02. The maximum Gasteiger partial charge on any atom is 0.461 e. The van der Waals surface area contributed by atoms with Crippen molar-refractivity contribution in [2.75, 3.05) is 0 Å².